The average Bonchev–Trinajstić information content (AvgIpc) is 2.81. The van der Waals surface area contributed by atoms with Gasteiger partial charge in [0.25, 0.3) is 0 Å². The summed E-state index contributed by atoms with van der Waals surface area (Å²) < 4.78 is 27.6. The third-order valence-electron chi connectivity index (χ3n) is 3.50. The van der Waals surface area contributed by atoms with E-state index in [1.807, 2.05) is 0 Å². The van der Waals surface area contributed by atoms with E-state index in [9.17, 15) is 13.2 Å². The number of primary sulfonamides is 1. The van der Waals surface area contributed by atoms with Crippen molar-refractivity contribution in [2.24, 2.45) is 11.1 Å². The van der Waals surface area contributed by atoms with Crippen LogP contribution in [0.3, 0.4) is 0 Å². The summed E-state index contributed by atoms with van der Waals surface area (Å²) in [4.78, 5) is 14.4. The molecule has 2 unspecified atom stereocenters. The van der Waals surface area contributed by atoms with Gasteiger partial charge in [-0.25, -0.2) is 18.4 Å². The van der Waals surface area contributed by atoms with Gasteiger partial charge in [0.15, 0.2) is 0 Å². The van der Waals surface area contributed by atoms with Gasteiger partial charge in [-0.1, -0.05) is 13.3 Å². The lowest BCUT2D eigenvalue weighted by atomic mass is 9.88. The Morgan fingerprint density at radius 1 is 1.42 bits per heavy atom. The van der Waals surface area contributed by atoms with Gasteiger partial charge in [0.2, 0.25) is 10.0 Å². The average molecular weight is 286 g/mol. The maximum Gasteiger partial charge on any atom is 0.355 e. The Hall–Kier alpha value is -1.34. The molecule has 0 aliphatic heterocycles. The molecule has 0 radical (unpaired) electrons. The highest BCUT2D eigenvalue weighted by Gasteiger charge is 2.26. The summed E-state index contributed by atoms with van der Waals surface area (Å²) in [5, 5.41) is 4.98. The van der Waals surface area contributed by atoms with Gasteiger partial charge < -0.3 is 9.72 Å². The van der Waals surface area contributed by atoms with Crippen molar-refractivity contribution in [1.82, 2.24) is 4.98 Å². The van der Waals surface area contributed by atoms with Crippen molar-refractivity contribution in [1.29, 1.82) is 0 Å². The van der Waals surface area contributed by atoms with Crippen molar-refractivity contribution in [2.75, 3.05) is 0 Å². The minimum absolute atomic E-state index is 0.0949. The second kappa shape index (κ2) is 5.34. The van der Waals surface area contributed by atoms with Crippen LogP contribution in [0.1, 0.15) is 43.1 Å². The number of aromatic nitrogens is 1. The molecule has 1 aromatic heterocycles. The van der Waals surface area contributed by atoms with E-state index >= 15 is 0 Å². The van der Waals surface area contributed by atoms with Crippen LogP contribution in [-0.2, 0) is 14.8 Å². The van der Waals surface area contributed by atoms with Crippen molar-refractivity contribution in [3.05, 3.63) is 18.0 Å². The molecule has 0 amide bonds. The van der Waals surface area contributed by atoms with Crippen LogP contribution in [0.2, 0.25) is 0 Å². The number of sulfonamides is 1. The summed E-state index contributed by atoms with van der Waals surface area (Å²) in [5.41, 5.74) is 0.113. The Morgan fingerprint density at radius 2 is 2.11 bits per heavy atom. The second-order valence-corrected chi connectivity index (χ2v) is 6.56. The van der Waals surface area contributed by atoms with E-state index in [0.29, 0.717) is 5.92 Å². The highest BCUT2D eigenvalue weighted by molar-refractivity contribution is 7.89. The molecule has 6 nitrogen and oxygen atoms in total. The molecule has 0 saturated heterocycles. The number of esters is 1. The molecule has 1 saturated carbocycles. The lowest BCUT2D eigenvalue weighted by Crippen LogP contribution is -2.28. The fraction of sp³-hybridized carbons (Fsp3) is 0.583. The maximum absolute atomic E-state index is 11.9. The Labute approximate surface area is 112 Å². The summed E-state index contributed by atoms with van der Waals surface area (Å²) in [6.45, 7) is 2.06. The molecule has 1 aromatic rings. The fourth-order valence-corrected chi connectivity index (χ4v) is 2.82. The van der Waals surface area contributed by atoms with E-state index < -0.39 is 16.0 Å². The minimum atomic E-state index is -3.80. The van der Waals surface area contributed by atoms with Gasteiger partial charge in [0, 0.05) is 6.20 Å². The number of ether oxygens (including phenoxy) is 1. The molecule has 19 heavy (non-hydrogen) atoms. The lowest BCUT2D eigenvalue weighted by molar-refractivity contribution is 0.00426. The topological polar surface area (TPSA) is 102 Å². The monoisotopic (exact) mass is 286 g/mol. The minimum Gasteiger partial charge on any atom is -0.457 e. The van der Waals surface area contributed by atoms with Crippen LogP contribution in [0.25, 0.3) is 0 Å². The third-order valence-corrected chi connectivity index (χ3v) is 4.39. The van der Waals surface area contributed by atoms with Crippen LogP contribution in [0.15, 0.2) is 17.2 Å². The Balaban J connectivity index is 2.06. The van der Waals surface area contributed by atoms with Crippen molar-refractivity contribution >= 4 is 16.0 Å². The van der Waals surface area contributed by atoms with Crippen molar-refractivity contribution < 1.29 is 17.9 Å². The summed E-state index contributed by atoms with van der Waals surface area (Å²) in [5.74, 6) is -0.195. The number of hydrogen-bond acceptors (Lipinski definition) is 4. The number of H-pyrrole nitrogens is 1. The normalized spacial score (nSPS) is 24.1. The summed E-state index contributed by atoms with van der Waals surface area (Å²) in [6.07, 6.45) is 5.21. The first kappa shape index (κ1) is 14.1. The third kappa shape index (κ3) is 3.36. The van der Waals surface area contributed by atoms with Gasteiger partial charge in [-0.15, -0.1) is 0 Å². The van der Waals surface area contributed by atoms with E-state index in [0.717, 1.165) is 25.7 Å². The SMILES string of the molecule is CC1CCCCC1OC(=O)c1cc(S(N)(=O)=O)c[nH]1. The second-order valence-electron chi connectivity index (χ2n) is 5.00. The van der Waals surface area contributed by atoms with Crippen molar-refractivity contribution in [2.45, 2.75) is 43.6 Å². The number of aromatic amines is 1. The number of carbonyl (C=O) groups is 1. The zero-order chi connectivity index (χ0) is 14.0. The van der Waals surface area contributed by atoms with Gasteiger partial charge in [-0.2, -0.15) is 0 Å². The number of carbonyl (C=O) groups excluding carboxylic acids is 1. The molecule has 0 aromatic carbocycles. The van der Waals surface area contributed by atoms with Gasteiger partial charge in [0.05, 0.1) is 0 Å². The standard InChI is InChI=1S/C12H18N2O4S/c1-8-4-2-3-5-11(8)18-12(15)10-6-9(7-14-10)19(13,16)17/h6-8,11,14H,2-5H2,1H3,(H2,13,16,17). The van der Waals surface area contributed by atoms with Gasteiger partial charge >= 0.3 is 5.97 Å². The quantitative estimate of drug-likeness (QED) is 0.820. The first-order valence-corrected chi connectivity index (χ1v) is 7.85. The highest BCUT2D eigenvalue weighted by atomic mass is 32.2. The highest BCUT2D eigenvalue weighted by Crippen LogP contribution is 2.27. The molecular formula is C12H18N2O4S. The van der Waals surface area contributed by atoms with Crippen LogP contribution in [0.5, 0.6) is 0 Å². The van der Waals surface area contributed by atoms with Crippen LogP contribution in [0, 0.1) is 5.92 Å². The number of nitrogens with one attached hydrogen (secondary N) is 1. The molecule has 106 valence electrons. The molecule has 1 fully saturated rings. The Morgan fingerprint density at radius 3 is 2.68 bits per heavy atom. The van der Waals surface area contributed by atoms with E-state index in [1.165, 1.54) is 12.3 Å². The summed E-state index contributed by atoms with van der Waals surface area (Å²) in [6, 6.07) is 1.20. The smallest absolute Gasteiger partial charge is 0.355 e. The summed E-state index contributed by atoms with van der Waals surface area (Å²) in [7, 11) is -3.80. The molecule has 2 atom stereocenters. The lowest BCUT2D eigenvalue weighted by Gasteiger charge is -2.28. The molecule has 3 N–H and O–H groups in total. The predicted molar refractivity (Wildman–Crippen MR) is 69.0 cm³/mol. The van der Waals surface area contributed by atoms with E-state index in [4.69, 9.17) is 9.88 Å². The van der Waals surface area contributed by atoms with E-state index in [1.54, 1.807) is 0 Å². The fourth-order valence-electron chi connectivity index (χ4n) is 2.31. The van der Waals surface area contributed by atoms with Crippen molar-refractivity contribution in [3.63, 3.8) is 0 Å². The molecular weight excluding hydrogens is 268 g/mol. The Bertz CT molecular complexity index is 564. The molecule has 1 heterocycles. The largest absolute Gasteiger partial charge is 0.457 e. The maximum atomic E-state index is 11.9. The molecule has 7 heteroatoms. The number of hydrogen-bond donors (Lipinski definition) is 2. The Kier molecular flexibility index (Phi) is 3.96. The molecule has 1 aliphatic rings. The van der Waals surface area contributed by atoms with Gasteiger partial charge in [0.1, 0.15) is 16.7 Å². The molecule has 0 spiro atoms. The number of rotatable bonds is 3. The molecule has 2 rings (SSSR count). The van der Waals surface area contributed by atoms with Crippen LogP contribution in [0.4, 0.5) is 0 Å². The van der Waals surface area contributed by atoms with Gasteiger partial charge in [-0.3, -0.25) is 0 Å². The zero-order valence-electron chi connectivity index (χ0n) is 10.8. The molecule has 0 bridgehead atoms. The van der Waals surface area contributed by atoms with Crippen LogP contribution >= 0.6 is 0 Å². The van der Waals surface area contributed by atoms with Gasteiger partial charge in [-0.05, 0) is 31.2 Å². The number of nitrogens with two attached hydrogens (primary N) is 1. The van der Waals surface area contributed by atoms with Crippen LogP contribution < -0.4 is 5.14 Å². The predicted octanol–water partition coefficient (Wildman–Crippen LogP) is 1.40. The van der Waals surface area contributed by atoms with Crippen LogP contribution in [-0.4, -0.2) is 25.5 Å². The van der Waals surface area contributed by atoms with Crippen molar-refractivity contribution in [3.8, 4) is 0 Å². The first-order chi connectivity index (χ1) is 8.88. The molecule has 1 aliphatic carbocycles. The first-order valence-electron chi connectivity index (χ1n) is 6.30. The van der Waals surface area contributed by atoms with E-state index in [-0.39, 0.29) is 16.7 Å². The summed E-state index contributed by atoms with van der Waals surface area (Å²) >= 11 is 0. The zero-order valence-corrected chi connectivity index (χ0v) is 11.6. The van der Waals surface area contributed by atoms with E-state index in [2.05, 4.69) is 11.9 Å².